The summed E-state index contributed by atoms with van der Waals surface area (Å²) >= 11 is 0. The van der Waals surface area contributed by atoms with Crippen LogP contribution in [0.3, 0.4) is 0 Å². The predicted octanol–water partition coefficient (Wildman–Crippen LogP) is 5.46. The summed E-state index contributed by atoms with van der Waals surface area (Å²) in [5, 5.41) is 9.06. The van der Waals surface area contributed by atoms with Crippen LogP contribution in [0.15, 0.2) is 95.9 Å². The van der Waals surface area contributed by atoms with Gasteiger partial charge in [0.1, 0.15) is 5.66 Å². The lowest BCUT2D eigenvalue weighted by Crippen LogP contribution is -2.40. The van der Waals surface area contributed by atoms with E-state index in [0.29, 0.717) is 11.4 Å². The van der Waals surface area contributed by atoms with Gasteiger partial charge in [-0.1, -0.05) is 66.7 Å². The predicted molar refractivity (Wildman–Crippen MR) is 135 cm³/mol. The van der Waals surface area contributed by atoms with Gasteiger partial charge in [0.15, 0.2) is 0 Å². The molecule has 0 unspecified atom stereocenters. The van der Waals surface area contributed by atoms with E-state index in [0.717, 1.165) is 34.1 Å². The van der Waals surface area contributed by atoms with Crippen LogP contribution >= 0.6 is 0 Å². The van der Waals surface area contributed by atoms with Gasteiger partial charge in [-0.3, -0.25) is 0 Å². The summed E-state index contributed by atoms with van der Waals surface area (Å²) in [6, 6.07) is 29.4. The molecule has 4 aromatic rings. The zero-order valence-electron chi connectivity index (χ0n) is 18.7. The lowest BCUT2D eigenvalue weighted by atomic mass is 10.0. The van der Waals surface area contributed by atoms with E-state index in [4.69, 9.17) is 0 Å². The minimum Gasteiger partial charge on any atom is -0.361 e. The Morgan fingerprint density at radius 3 is 2.00 bits per heavy atom. The molecule has 6 heteroatoms. The first kappa shape index (κ1) is 21.5. The minimum absolute atomic E-state index is 0.262. The van der Waals surface area contributed by atoms with Crippen LogP contribution in [0.1, 0.15) is 18.1 Å². The monoisotopic (exact) mass is 457 g/mol. The van der Waals surface area contributed by atoms with Crippen LogP contribution in [0.25, 0.3) is 10.8 Å². The topological polar surface area (TPSA) is 61.4 Å². The molecule has 2 N–H and O–H groups in total. The van der Waals surface area contributed by atoms with E-state index >= 15 is 0 Å². The summed E-state index contributed by atoms with van der Waals surface area (Å²) in [5.74, 6) is 0. The Labute approximate surface area is 195 Å². The van der Waals surface area contributed by atoms with Gasteiger partial charge in [0.05, 0.1) is 16.3 Å². The van der Waals surface area contributed by atoms with Gasteiger partial charge in [-0.25, -0.2) is 8.42 Å². The number of sulfonamides is 1. The van der Waals surface area contributed by atoms with Crippen molar-refractivity contribution >= 4 is 32.2 Å². The molecule has 0 saturated carbocycles. The van der Waals surface area contributed by atoms with Crippen molar-refractivity contribution in [2.24, 2.45) is 0 Å². The number of nitrogens with zero attached hydrogens (tertiary/aromatic N) is 1. The Balaban J connectivity index is 1.27. The molecule has 168 valence electrons. The average molecular weight is 458 g/mol. The molecule has 0 fully saturated rings. The Hall–Kier alpha value is -3.35. The summed E-state index contributed by atoms with van der Waals surface area (Å²) < 4.78 is 27.7. The highest BCUT2D eigenvalue weighted by Crippen LogP contribution is 2.35. The van der Waals surface area contributed by atoms with Gasteiger partial charge in [-0.15, -0.1) is 0 Å². The molecule has 4 aromatic carbocycles. The number of para-hydroxylation sites is 2. The Bertz CT molecular complexity index is 1390. The normalized spacial score (nSPS) is 14.6. The molecule has 5 nitrogen and oxygen atoms in total. The molecule has 5 rings (SSSR count). The summed E-state index contributed by atoms with van der Waals surface area (Å²) in [5.41, 5.74) is 4.08. The second kappa shape index (κ2) is 8.21. The number of hydrogen-bond donors (Lipinski definition) is 2. The van der Waals surface area contributed by atoms with E-state index in [2.05, 4.69) is 41.8 Å². The van der Waals surface area contributed by atoms with Crippen LogP contribution in [0.4, 0.5) is 11.4 Å². The molecular formula is C27H27N3O2S. The number of fused-ring (bicyclic) bond motifs is 2. The van der Waals surface area contributed by atoms with Crippen molar-refractivity contribution in [1.82, 2.24) is 4.31 Å². The fraction of sp³-hybridized carbons (Fsp3) is 0.185. The molecule has 1 aliphatic rings. The van der Waals surface area contributed by atoms with Gasteiger partial charge in [0, 0.05) is 20.0 Å². The molecule has 1 aliphatic heterocycles. The maximum absolute atomic E-state index is 13.1. The number of anilines is 2. The zero-order valence-corrected chi connectivity index (χ0v) is 19.6. The highest BCUT2D eigenvalue weighted by Gasteiger charge is 2.31. The third-order valence-electron chi connectivity index (χ3n) is 6.16. The molecule has 0 aromatic heterocycles. The molecule has 0 aliphatic carbocycles. The standard InChI is InChI=1S/C27H27N3O2S/c1-27(28-25-9-5-6-10-26(25)29-27)18-20-11-13-21(14-12-20)19-30(2)33(31,32)24-16-15-22-7-3-4-8-23(22)17-24/h3-17,28-29H,18-19H2,1-2H3. The SMILES string of the molecule is CN(Cc1ccc(CC2(C)Nc3ccccc3N2)cc1)S(=O)(=O)c1ccc2ccccc2c1. The molecule has 0 amide bonds. The zero-order chi connectivity index (χ0) is 23.1. The number of benzene rings is 4. The first-order valence-corrected chi connectivity index (χ1v) is 12.4. The second-order valence-corrected chi connectivity index (χ2v) is 10.9. The van der Waals surface area contributed by atoms with E-state index in [9.17, 15) is 8.42 Å². The smallest absolute Gasteiger partial charge is 0.243 e. The molecule has 1 heterocycles. The highest BCUT2D eigenvalue weighted by molar-refractivity contribution is 7.89. The molecular weight excluding hydrogens is 430 g/mol. The molecule has 0 saturated heterocycles. The summed E-state index contributed by atoms with van der Waals surface area (Å²) in [6.45, 7) is 2.46. The maximum atomic E-state index is 13.1. The van der Waals surface area contributed by atoms with Crippen LogP contribution in [-0.2, 0) is 23.0 Å². The van der Waals surface area contributed by atoms with Crippen LogP contribution in [0, 0.1) is 0 Å². The maximum Gasteiger partial charge on any atom is 0.243 e. The Morgan fingerprint density at radius 1 is 0.758 bits per heavy atom. The van der Waals surface area contributed by atoms with Crippen LogP contribution < -0.4 is 10.6 Å². The van der Waals surface area contributed by atoms with Gasteiger partial charge in [0.2, 0.25) is 10.0 Å². The lowest BCUT2D eigenvalue weighted by molar-refractivity contribution is 0.467. The van der Waals surface area contributed by atoms with E-state index in [-0.39, 0.29) is 5.66 Å². The van der Waals surface area contributed by atoms with Crippen LogP contribution in [-0.4, -0.2) is 25.4 Å². The molecule has 33 heavy (non-hydrogen) atoms. The van der Waals surface area contributed by atoms with Gasteiger partial charge in [-0.05, 0) is 53.1 Å². The number of rotatable bonds is 6. The lowest BCUT2D eigenvalue weighted by Gasteiger charge is -2.26. The van der Waals surface area contributed by atoms with E-state index < -0.39 is 10.0 Å². The quantitative estimate of drug-likeness (QED) is 0.404. The van der Waals surface area contributed by atoms with Crippen LogP contribution in [0.2, 0.25) is 0 Å². The molecule has 0 radical (unpaired) electrons. The van der Waals surface area contributed by atoms with E-state index in [1.807, 2.05) is 54.6 Å². The third-order valence-corrected chi connectivity index (χ3v) is 7.96. The molecule has 0 bridgehead atoms. The fourth-order valence-electron chi connectivity index (χ4n) is 4.44. The van der Waals surface area contributed by atoms with Gasteiger partial charge in [-0.2, -0.15) is 4.31 Å². The van der Waals surface area contributed by atoms with Crippen molar-refractivity contribution in [1.29, 1.82) is 0 Å². The molecule has 0 atom stereocenters. The van der Waals surface area contributed by atoms with Crippen molar-refractivity contribution < 1.29 is 8.42 Å². The van der Waals surface area contributed by atoms with E-state index in [1.165, 1.54) is 9.87 Å². The summed E-state index contributed by atoms with van der Waals surface area (Å²) in [7, 11) is -1.96. The second-order valence-electron chi connectivity index (χ2n) is 8.89. The first-order valence-electron chi connectivity index (χ1n) is 11.0. The average Bonchev–Trinajstić information content (AvgIpc) is 3.15. The van der Waals surface area contributed by atoms with Crippen LogP contribution in [0.5, 0.6) is 0 Å². The van der Waals surface area contributed by atoms with Gasteiger partial charge in [0.25, 0.3) is 0 Å². The summed E-state index contributed by atoms with van der Waals surface area (Å²) in [4.78, 5) is 0.311. The number of hydrogen-bond acceptors (Lipinski definition) is 4. The molecule has 0 spiro atoms. The third kappa shape index (κ3) is 4.32. The minimum atomic E-state index is -3.58. The number of nitrogens with one attached hydrogen (secondary N) is 2. The summed E-state index contributed by atoms with van der Waals surface area (Å²) in [6.07, 6.45) is 0.799. The van der Waals surface area contributed by atoms with Crippen molar-refractivity contribution in [3.8, 4) is 0 Å². The van der Waals surface area contributed by atoms with Crippen molar-refractivity contribution in [3.05, 3.63) is 102 Å². The van der Waals surface area contributed by atoms with E-state index in [1.54, 1.807) is 19.2 Å². The van der Waals surface area contributed by atoms with Gasteiger partial charge >= 0.3 is 0 Å². The van der Waals surface area contributed by atoms with Crippen molar-refractivity contribution in [2.75, 3.05) is 17.7 Å². The first-order chi connectivity index (χ1) is 15.8. The fourth-order valence-corrected chi connectivity index (χ4v) is 5.63. The Kier molecular flexibility index (Phi) is 5.35. The Morgan fingerprint density at radius 2 is 1.33 bits per heavy atom. The largest absolute Gasteiger partial charge is 0.361 e. The highest BCUT2D eigenvalue weighted by atomic mass is 32.2. The van der Waals surface area contributed by atoms with Crippen molar-refractivity contribution in [2.45, 2.75) is 30.4 Å². The van der Waals surface area contributed by atoms with Crippen molar-refractivity contribution in [3.63, 3.8) is 0 Å². The van der Waals surface area contributed by atoms with Gasteiger partial charge < -0.3 is 10.6 Å².